The molecule has 1 heterocycles. The first-order valence-electron chi connectivity index (χ1n) is 7.28. The molecule has 5 heteroatoms. The third-order valence-electron chi connectivity index (χ3n) is 3.35. The van der Waals surface area contributed by atoms with Gasteiger partial charge in [0.1, 0.15) is 0 Å². The second-order valence-corrected chi connectivity index (χ2v) is 7.43. The molecule has 0 aliphatic rings. The zero-order valence-corrected chi connectivity index (χ0v) is 15.3. The van der Waals surface area contributed by atoms with Gasteiger partial charge in [-0.05, 0) is 42.0 Å². The SMILES string of the molecule is CC#Cc1c(Cl)ccc(NSc2ccc(C(C)(C)C)cc2)[n+]1N. The van der Waals surface area contributed by atoms with E-state index < -0.39 is 0 Å². The molecule has 0 spiro atoms. The van der Waals surface area contributed by atoms with Crippen LogP contribution in [0.5, 0.6) is 0 Å². The number of nitrogens with two attached hydrogens (primary N) is 1. The summed E-state index contributed by atoms with van der Waals surface area (Å²) in [6.07, 6.45) is 0. The van der Waals surface area contributed by atoms with Crippen molar-refractivity contribution in [2.45, 2.75) is 38.0 Å². The second kappa shape index (κ2) is 7.16. The zero-order chi connectivity index (χ0) is 17.0. The van der Waals surface area contributed by atoms with Gasteiger partial charge in [0.2, 0.25) is 5.69 Å². The summed E-state index contributed by atoms with van der Waals surface area (Å²) in [5, 5.41) is 0.534. The van der Waals surface area contributed by atoms with E-state index in [9.17, 15) is 0 Å². The molecule has 0 bridgehead atoms. The van der Waals surface area contributed by atoms with Crippen LogP contribution in [0.3, 0.4) is 0 Å². The maximum Gasteiger partial charge on any atom is 0.310 e. The van der Waals surface area contributed by atoms with Gasteiger partial charge in [0.25, 0.3) is 0 Å². The molecule has 0 saturated heterocycles. The molecule has 23 heavy (non-hydrogen) atoms. The Labute approximate surface area is 147 Å². The molecule has 2 rings (SSSR count). The number of pyridine rings is 1. The van der Waals surface area contributed by atoms with Crippen molar-refractivity contribution < 1.29 is 4.68 Å². The first kappa shape index (κ1) is 17.5. The summed E-state index contributed by atoms with van der Waals surface area (Å²) in [6.45, 7) is 8.36. The molecule has 2 aromatic rings. The minimum absolute atomic E-state index is 0.154. The average Bonchev–Trinajstić information content (AvgIpc) is 2.50. The molecule has 0 saturated carbocycles. The van der Waals surface area contributed by atoms with Crippen LogP contribution in [0.25, 0.3) is 0 Å². The number of hydrogen-bond acceptors (Lipinski definition) is 3. The van der Waals surface area contributed by atoms with Gasteiger partial charge >= 0.3 is 5.82 Å². The van der Waals surface area contributed by atoms with Gasteiger partial charge in [-0.1, -0.05) is 50.4 Å². The lowest BCUT2D eigenvalue weighted by molar-refractivity contribution is -0.626. The highest BCUT2D eigenvalue weighted by atomic mass is 35.5. The molecule has 0 amide bonds. The summed E-state index contributed by atoms with van der Waals surface area (Å²) in [7, 11) is 0. The largest absolute Gasteiger partial charge is 0.310 e. The first-order valence-corrected chi connectivity index (χ1v) is 8.48. The third kappa shape index (κ3) is 4.34. The molecule has 3 N–H and O–H groups in total. The van der Waals surface area contributed by atoms with Crippen molar-refractivity contribution in [2.75, 3.05) is 10.6 Å². The van der Waals surface area contributed by atoms with Gasteiger partial charge < -0.3 is 0 Å². The Kier molecular flexibility index (Phi) is 5.46. The van der Waals surface area contributed by atoms with Crippen LogP contribution >= 0.6 is 23.5 Å². The van der Waals surface area contributed by atoms with Crippen LogP contribution in [0.4, 0.5) is 5.82 Å². The Morgan fingerprint density at radius 1 is 1.13 bits per heavy atom. The number of nitrogen functional groups attached to an aromatic ring is 1. The van der Waals surface area contributed by atoms with Gasteiger partial charge in [-0.25, -0.2) is 4.72 Å². The summed E-state index contributed by atoms with van der Waals surface area (Å²) in [5.74, 6) is 12.5. The Morgan fingerprint density at radius 3 is 2.35 bits per heavy atom. The van der Waals surface area contributed by atoms with Crippen LogP contribution in [0.15, 0.2) is 41.3 Å². The van der Waals surface area contributed by atoms with E-state index in [4.69, 9.17) is 17.4 Å². The normalized spacial score (nSPS) is 10.8. The van der Waals surface area contributed by atoms with Crippen molar-refractivity contribution in [1.82, 2.24) is 0 Å². The zero-order valence-electron chi connectivity index (χ0n) is 13.8. The summed E-state index contributed by atoms with van der Waals surface area (Å²) in [6, 6.07) is 12.1. The fourth-order valence-corrected chi connectivity index (χ4v) is 2.86. The minimum atomic E-state index is 0.154. The molecule has 0 atom stereocenters. The van der Waals surface area contributed by atoms with Gasteiger partial charge in [0.05, 0.1) is 21.9 Å². The Balaban J connectivity index is 2.15. The van der Waals surface area contributed by atoms with Crippen molar-refractivity contribution in [3.8, 4) is 11.8 Å². The molecule has 120 valence electrons. The summed E-state index contributed by atoms with van der Waals surface area (Å²) in [5.41, 5.74) is 2.05. The monoisotopic (exact) mass is 346 g/mol. The maximum absolute atomic E-state index is 6.12. The second-order valence-electron chi connectivity index (χ2n) is 6.14. The predicted molar refractivity (Wildman–Crippen MR) is 99.0 cm³/mol. The van der Waals surface area contributed by atoms with Gasteiger partial charge in [0, 0.05) is 6.07 Å². The number of benzene rings is 1. The number of halogens is 1. The summed E-state index contributed by atoms with van der Waals surface area (Å²) >= 11 is 7.62. The van der Waals surface area contributed by atoms with Crippen molar-refractivity contribution in [2.24, 2.45) is 0 Å². The van der Waals surface area contributed by atoms with Gasteiger partial charge in [-0.3, -0.25) is 5.84 Å². The Hall–Kier alpha value is -1.83. The Morgan fingerprint density at radius 2 is 1.78 bits per heavy atom. The predicted octanol–water partition coefficient (Wildman–Crippen LogP) is 4.13. The highest BCUT2D eigenvalue weighted by Gasteiger charge is 2.16. The molecular formula is C18H21ClN3S+. The molecule has 0 aliphatic carbocycles. The minimum Gasteiger partial charge on any atom is -0.267 e. The van der Waals surface area contributed by atoms with E-state index >= 15 is 0 Å². The molecule has 0 fully saturated rings. The molecule has 1 aromatic heterocycles. The van der Waals surface area contributed by atoms with Crippen molar-refractivity contribution >= 4 is 29.4 Å². The number of hydrogen-bond donors (Lipinski definition) is 2. The molecule has 1 aromatic carbocycles. The lowest BCUT2D eigenvalue weighted by atomic mass is 9.87. The molecule has 0 aliphatic heterocycles. The topological polar surface area (TPSA) is 41.9 Å². The van der Waals surface area contributed by atoms with Crippen molar-refractivity contribution in [3.05, 3.63) is 52.7 Å². The number of rotatable bonds is 3. The number of anilines is 1. The van der Waals surface area contributed by atoms with Gasteiger partial charge in [0.15, 0.2) is 0 Å². The number of aromatic nitrogens is 1. The van der Waals surface area contributed by atoms with Crippen molar-refractivity contribution in [1.29, 1.82) is 0 Å². The highest BCUT2D eigenvalue weighted by Crippen LogP contribution is 2.26. The lowest BCUT2D eigenvalue weighted by Gasteiger charge is -2.18. The fourth-order valence-electron chi connectivity index (χ4n) is 2.00. The summed E-state index contributed by atoms with van der Waals surface area (Å²) < 4.78 is 4.71. The van der Waals surface area contributed by atoms with E-state index in [1.807, 2.05) is 6.07 Å². The fraction of sp³-hybridized carbons (Fsp3) is 0.278. The Bertz CT molecular complexity index is 753. The molecule has 0 radical (unpaired) electrons. The van der Waals surface area contributed by atoms with E-state index in [0.29, 0.717) is 10.7 Å². The highest BCUT2D eigenvalue weighted by molar-refractivity contribution is 8.00. The average molecular weight is 347 g/mol. The van der Waals surface area contributed by atoms with Crippen LogP contribution < -0.4 is 15.2 Å². The van der Waals surface area contributed by atoms with Crippen LogP contribution in [0.2, 0.25) is 5.02 Å². The van der Waals surface area contributed by atoms with Crippen LogP contribution in [0.1, 0.15) is 39.0 Å². The van der Waals surface area contributed by atoms with Gasteiger partial charge in [-0.2, -0.15) is 0 Å². The van der Waals surface area contributed by atoms with E-state index in [-0.39, 0.29) is 5.41 Å². The standard InChI is InChI=1S/C18H20ClN3S/c1-5-6-16-15(19)11-12-17(22(16)20)21-23-14-9-7-13(8-10-14)18(2,3)4/h7-12H,20H2,1-4H3/p+1. The summed E-state index contributed by atoms with van der Waals surface area (Å²) in [4.78, 5) is 1.11. The smallest absolute Gasteiger partial charge is 0.267 e. The molecule has 3 nitrogen and oxygen atoms in total. The molecule has 0 unspecified atom stereocenters. The van der Waals surface area contributed by atoms with Crippen LogP contribution in [0, 0.1) is 11.8 Å². The van der Waals surface area contributed by atoms with Crippen LogP contribution in [-0.4, -0.2) is 0 Å². The van der Waals surface area contributed by atoms with E-state index in [0.717, 1.165) is 10.7 Å². The van der Waals surface area contributed by atoms with Crippen LogP contribution in [-0.2, 0) is 5.41 Å². The molecular weight excluding hydrogens is 326 g/mol. The van der Waals surface area contributed by atoms with Crippen molar-refractivity contribution in [3.63, 3.8) is 0 Å². The first-order chi connectivity index (χ1) is 10.8. The van der Waals surface area contributed by atoms with E-state index in [1.54, 1.807) is 13.0 Å². The maximum atomic E-state index is 6.12. The van der Waals surface area contributed by atoms with Gasteiger partial charge in [-0.15, -0.1) is 4.68 Å². The van der Waals surface area contributed by atoms with E-state index in [2.05, 4.69) is 61.6 Å². The lowest BCUT2D eigenvalue weighted by Crippen LogP contribution is -2.49. The quantitative estimate of drug-likeness (QED) is 0.380. The third-order valence-corrected chi connectivity index (χ3v) is 4.48. The van der Waals surface area contributed by atoms with E-state index in [1.165, 1.54) is 22.2 Å². The number of nitrogens with one attached hydrogen (secondary N) is 1. The number of nitrogens with zero attached hydrogens (tertiary/aromatic N) is 1.